The third-order valence-corrected chi connectivity index (χ3v) is 2.72. The van der Waals surface area contributed by atoms with Crippen molar-refractivity contribution in [1.29, 1.82) is 0 Å². The molecule has 2 aromatic rings. The summed E-state index contributed by atoms with van der Waals surface area (Å²) < 4.78 is 13.8. The van der Waals surface area contributed by atoms with Gasteiger partial charge in [0.25, 0.3) is 5.91 Å². The number of aromatic nitrogens is 1. The topological polar surface area (TPSA) is 42.0 Å². The predicted molar refractivity (Wildman–Crippen MR) is 68.1 cm³/mol. The number of amides is 1. The summed E-state index contributed by atoms with van der Waals surface area (Å²) in [6.45, 7) is 3.48. The van der Waals surface area contributed by atoms with Gasteiger partial charge < -0.3 is 5.32 Å². The lowest BCUT2D eigenvalue weighted by atomic mass is 10.1. The van der Waals surface area contributed by atoms with Gasteiger partial charge in [0.2, 0.25) is 0 Å². The monoisotopic (exact) mass is 244 g/mol. The summed E-state index contributed by atoms with van der Waals surface area (Å²) in [5, 5.41) is 2.65. The van der Waals surface area contributed by atoms with Crippen molar-refractivity contribution >= 4 is 11.6 Å². The van der Waals surface area contributed by atoms with Crippen LogP contribution in [0.4, 0.5) is 10.1 Å². The Morgan fingerprint density at radius 2 is 2.00 bits per heavy atom. The maximum atomic E-state index is 13.8. The number of nitrogens with one attached hydrogen (secondary N) is 1. The third-order valence-electron chi connectivity index (χ3n) is 2.72. The zero-order chi connectivity index (χ0) is 13.1. The number of anilines is 1. The van der Waals surface area contributed by atoms with Crippen molar-refractivity contribution in [1.82, 2.24) is 4.98 Å². The lowest BCUT2D eigenvalue weighted by molar-refractivity contribution is 0.102. The van der Waals surface area contributed by atoms with Crippen molar-refractivity contribution < 1.29 is 9.18 Å². The van der Waals surface area contributed by atoms with Gasteiger partial charge in [-0.25, -0.2) is 4.39 Å². The molecule has 0 saturated carbocycles. The molecule has 0 aliphatic rings. The molecule has 0 spiro atoms. The highest BCUT2D eigenvalue weighted by Gasteiger charge is 2.13. The minimum atomic E-state index is -0.489. The third kappa shape index (κ3) is 2.37. The van der Waals surface area contributed by atoms with Crippen LogP contribution in [0, 0.1) is 19.7 Å². The summed E-state index contributed by atoms with van der Waals surface area (Å²) >= 11 is 0. The van der Waals surface area contributed by atoms with E-state index in [4.69, 9.17) is 0 Å². The number of hydrogen-bond acceptors (Lipinski definition) is 2. The largest absolute Gasteiger partial charge is 0.320 e. The van der Waals surface area contributed by atoms with Gasteiger partial charge in [0.05, 0.1) is 17.4 Å². The Morgan fingerprint density at radius 1 is 1.22 bits per heavy atom. The number of rotatable bonds is 2. The van der Waals surface area contributed by atoms with Crippen molar-refractivity contribution in [3.05, 3.63) is 59.2 Å². The summed E-state index contributed by atoms with van der Waals surface area (Å²) in [6.07, 6.45) is 3.18. The Balaban J connectivity index is 2.28. The minimum Gasteiger partial charge on any atom is -0.320 e. The minimum absolute atomic E-state index is 0.0400. The van der Waals surface area contributed by atoms with Gasteiger partial charge in [0.15, 0.2) is 0 Å². The van der Waals surface area contributed by atoms with Crippen LogP contribution >= 0.6 is 0 Å². The molecular weight excluding hydrogens is 231 g/mol. The number of pyridine rings is 1. The highest BCUT2D eigenvalue weighted by atomic mass is 19.1. The van der Waals surface area contributed by atoms with E-state index in [1.165, 1.54) is 6.07 Å². The smallest absolute Gasteiger partial charge is 0.258 e. The first-order chi connectivity index (χ1) is 8.59. The fourth-order valence-electron chi connectivity index (χ4n) is 1.61. The first-order valence-electron chi connectivity index (χ1n) is 5.56. The Bertz CT molecular complexity index is 596. The molecule has 1 N–H and O–H groups in total. The van der Waals surface area contributed by atoms with Crippen LogP contribution in [-0.4, -0.2) is 10.9 Å². The number of nitrogens with zero attached hydrogens (tertiary/aromatic N) is 1. The lowest BCUT2D eigenvalue weighted by Gasteiger charge is -2.08. The molecule has 0 unspecified atom stereocenters. The number of aryl methyl sites for hydroxylation is 2. The quantitative estimate of drug-likeness (QED) is 0.882. The molecule has 18 heavy (non-hydrogen) atoms. The van der Waals surface area contributed by atoms with E-state index in [1.807, 2.05) is 6.92 Å². The highest BCUT2D eigenvalue weighted by molar-refractivity contribution is 6.04. The van der Waals surface area contributed by atoms with Crippen LogP contribution in [-0.2, 0) is 0 Å². The van der Waals surface area contributed by atoms with E-state index >= 15 is 0 Å². The van der Waals surface area contributed by atoms with Crippen LogP contribution in [0.15, 0.2) is 36.7 Å². The van der Waals surface area contributed by atoms with E-state index in [2.05, 4.69) is 10.3 Å². The van der Waals surface area contributed by atoms with Gasteiger partial charge in [0.1, 0.15) is 5.82 Å². The molecule has 0 bridgehead atoms. The van der Waals surface area contributed by atoms with Gasteiger partial charge in [-0.1, -0.05) is 12.1 Å². The van der Waals surface area contributed by atoms with E-state index in [-0.39, 0.29) is 5.56 Å². The summed E-state index contributed by atoms with van der Waals surface area (Å²) in [4.78, 5) is 15.9. The van der Waals surface area contributed by atoms with E-state index in [1.54, 1.807) is 37.5 Å². The van der Waals surface area contributed by atoms with E-state index < -0.39 is 11.7 Å². The van der Waals surface area contributed by atoms with Crippen molar-refractivity contribution in [2.24, 2.45) is 0 Å². The van der Waals surface area contributed by atoms with E-state index in [0.717, 1.165) is 5.56 Å². The summed E-state index contributed by atoms with van der Waals surface area (Å²) in [7, 11) is 0. The van der Waals surface area contributed by atoms with Gasteiger partial charge in [-0.2, -0.15) is 0 Å². The molecule has 92 valence electrons. The van der Waals surface area contributed by atoms with Gasteiger partial charge >= 0.3 is 0 Å². The number of halogens is 1. The fraction of sp³-hybridized carbons (Fsp3) is 0.143. The second-order valence-corrected chi connectivity index (χ2v) is 4.08. The highest BCUT2D eigenvalue weighted by Crippen LogP contribution is 2.16. The molecule has 2 rings (SSSR count). The van der Waals surface area contributed by atoms with Gasteiger partial charge in [0, 0.05) is 6.20 Å². The average Bonchev–Trinajstić information content (AvgIpc) is 2.35. The van der Waals surface area contributed by atoms with Crippen LogP contribution in [0.25, 0.3) is 0 Å². The normalized spacial score (nSPS) is 10.2. The molecule has 1 aromatic heterocycles. The van der Waals surface area contributed by atoms with E-state index in [9.17, 15) is 9.18 Å². The lowest BCUT2D eigenvalue weighted by Crippen LogP contribution is -2.15. The second-order valence-electron chi connectivity index (χ2n) is 4.08. The number of carbonyl (C=O) groups is 1. The van der Waals surface area contributed by atoms with Crippen molar-refractivity contribution in [2.45, 2.75) is 13.8 Å². The van der Waals surface area contributed by atoms with Crippen LogP contribution in [0.5, 0.6) is 0 Å². The average molecular weight is 244 g/mol. The number of hydrogen-bond donors (Lipinski definition) is 1. The molecule has 0 atom stereocenters. The molecule has 0 saturated heterocycles. The van der Waals surface area contributed by atoms with Crippen molar-refractivity contribution in [3.8, 4) is 0 Å². The first kappa shape index (κ1) is 12.2. The van der Waals surface area contributed by atoms with Crippen LogP contribution < -0.4 is 5.32 Å². The molecule has 0 radical (unpaired) electrons. The summed E-state index contributed by atoms with van der Waals surface area (Å²) in [5.74, 6) is -0.955. The van der Waals surface area contributed by atoms with Gasteiger partial charge in [-0.05, 0) is 37.1 Å². The Hall–Kier alpha value is -2.23. The SMILES string of the molecule is Cc1ccncc1NC(=O)c1cccc(C)c1F. The van der Waals surface area contributed by atoms with Crippen molar-refractivity contribution in [2.75, 3.05) is 5.32 Å². The van der Waals surface area contributed by atoms with Gasteiger partial charge in [-0.15, -0.1) is 0 Å². The van der Waals surface area contributed by atoms with Crippen molar-refractivity contribution in [3.63, 3.8) is 0 Å². The predicted octanol–water partition coefficient (Wildman–Crippen LogP) is 3.09. The molecule has 1 heterocycles. The Kier molecular flexibility index (Phi) is 3.37. The number of benzene rings is 1. The molecule has 4 heteroatoms. The molecule has 0 fully saturated rings. The molecule has 0 aliphatic carbocycles. The molecule has 1 amide bonds. The zero-order valence-electron chi connectivity index (χ0n) is 10.2. The Labute approximate surface area is 105 Å². The van der Waals surface area contributed by atoms with Gasteiger partial charge in [-0.3, -0.25) is 9.78 Å². The van der Waals surface area contributed by atoms with Crippen LogP contribution in [0.3, 0.4) is 0 Å². The molecule has 1 aromatic carbocycles. The number of carbonyl (C=O) groups excluding carboxylic acids is 1. The van der Waals surface area contributed by atoms with E-state index in [0.29, 0.717) is 11.3 Å². The molecule has 3 nitrogen and oxygen atoms in total. The second kappa shape index (κ2) is 4.96. The fourth-order valence-corrected chi connectivity index (χ4v) is 1.61. The first-order valence-corrected chi connectivity index (χ1v) is 5.56. The van der Waals surface area contributed by atoms with Crippen LogP contribution in [0.1, 0.15) is 21.5 Å². The molecular formula is C14H13FN2O. The maximum Gasteiger partial charge on any atom is 0.258 e. The summed E-state index contributed by atoms with van der Waals surface area (Å²) in [6, 6.07) is 6.52. The zero-order valence-corrected chi connectivity index (χ0v) is 10.2. The maximum absolute atomic E-state index is 13.8. The summed E-state index contributed by atoms with van der Waals surface area (Å²) in [5.41, 5.74) is 1.96. The molecule has 0 aliphatic heterocycles. The standard InChI is InChI=1S/C14H13FN2O/c1-9-6-7-16-8-12(9)17-14(18)11-5-3-4-10(2)13(11)15/h3-8H,1-2H3,(H,17,18). The Morgan fingerprint density at radius 3 is 2.72 bits per heavy atom. The van der Waals surface area contributed by atoms with Crippen LogP contribution in [0.2, 0.25) is 0 Å².